The minimum atomic E-state index is -0.805. The van der Waals surface area contributed by atoms with Gasteiger partial charge >= 0.3 is 5.97 Å². The lowest BCUT2D eigenvalue weighted by Crippen LogP contribution is -2.05. The van der Waals surface area contributed by atoms with Crippen molar-refractivity contribution in [2.24, 2.45) is 5.92 Å². The molecule has 18 heavy (non-hydrogen) atoms. The second-order valence-electron chi connectivity index (χ2n) is 4.88. The van der Waals surface area contributed by atoms with Crippen LogP contribution >= 0.6 is 11.6 Å². The van der Waals surface area contributed by atoms with Crippen LogP contribution in [0.25, 0.3) is 0 Å². The van der Waals surface area contributed by atoms with Gasteiger partial charge in [-0.05, 0) is 49.3 Å². The molecule has 0 spiro atoms. The van der Waals surface area contributed by atoms with Crippen LogP contribution in [0.1, 0.15) is 30.4 Å². The van der Waals surface area contributed by atoms with E-state index in [0.717, 1.165) is 11.1 Å². The number of benzene rings is 1. The summed E-state index contributed by atoms with van der Waals surface area (Å²) < 4.78 is 5.75. The number of ether oxygens (including phenoxy) is 1. The molecule has 0 unspecified atom stereocenters. The molecule has 0 amide bonds. The molecule has 3 nitrogen and oxygen atoms in total. The molecule has 0 bridgehead atoms. The Kier molecular flexibility index (Phi) is 4.12. The first-order valence-electron chi connectivity index (χ1n) is 6.20. The Balaban J connectivity index is 2.13. The zero-order valence-corrected chi connectivity index (χ0v) is 11.2. The number of aryl methyl sites for hydroxylation is 2. The van der Waals surface area contributed by atoms with Crippen LogP contribution in [0.5, 0.6) is 5.75 Å². The highest BCUT2D eigenvalue weighted by molar-refractivity contribution is 6.32. The number of rotatable bonds is 6. The second-order valence-corrected chi connectivity index (χ2v) is 5.29. The van der Waals surface area contributed by atoms with Crippen LogP contribution in [0, 0.1) is 12.8 Å². The fourth-order valence-electron chi connectivity index (χ4n) is 1.88. The van der Waals surface area contributed by atoms with Crippen molar-refractivity contribution in [3.8, 4) is 5.75 Å². The summed E-state index contributed by atoms with van der Waals surface area (Å²) in [6.07, 6.45) is 2.98. The summed E-state index contributed by atoms with van der Waals surface area (Å²) in [6.45, 7) is 2.63. The maximum Gasteiger partial charge on any atom is 0.303 e. The largest absolute Gasteiger partial charge is 0.491 e. The van der Waals surface area contributed by atoms with Gasteiger partial charge in [0, 0.05) is 6.42 Å². The molecule has 1 N–H and O–H groups in total. The lowest BCUT2D eigenvalue weighted by molar-refractivity contribution is -0.136. The van der Waals surface area contributed by atoms with E-state index in [4.69, 9.17) is 21.4 Å². The van der Waals surface area contributed by atoms with Crippen molar-refractivity contribution in [3.05, 3.63) is 28.3 Å². The van der Waals surface area contributed by atoms with Crippen LogP contribution < -0.4 is 4.74 Å². The van der Waals surface area contributed by atoms with Crippen LogP contribution in [0.4, 0.5) is 0 Å². The van der Waals surface area contributed by atoms with Gasteiger partial charge < -0.3 is 9.84 Å². The van der Waals surface area contributed by atoms with Gasteiger partial charge in [-0.1, -0.05) is 17.7 Å². The summed E-state index contributed by atoms with van der Waals surface area (Å²) in [5.41, 5.74) is 1.92. The first-order chi connectivity index (χ1) is 8.56. The van der Waals surface area contributed by atoms with Crippen molar-refractivity contribution in [2.75, 3.05) is 6.61 Å². The molecular weight excluding hydrogens is 252 g/mol. The Bertz CT molecular complexity index is 453. The van der Waals surface area contributed by atoms with Gasteiger partial charge in [0.15, 0.2) is 0 Å². The van der Waals surface area contributed by atoms with Gasteiger partial charge in [-0.15, -0.1) is 0 Å². The third kappa shape index (κ3) is 3.64. The van der Waals surface area contributed by atoms with Gasteiger partial charge in [-0.25, -0.2) is 0 Å². The van der Waals surface area contributed by atoms with E-state index in [2.05, 4.69) is 0 Å². The van der Waals surface area contributed by atoms with Crippen molar-refractivity contribution in [3.63, 3.8) is 0 Å². The fourth-order valence-corrected chi connectivity index (χ4v) is 2.22. The SMILES string of the molecule is Cc1cc(Cl)c(OCC2CC2)c(CCC(=O)O)c1. The average Bonchev–Trinajstić information content (AvgIpc) is 3.08. The molecule has 1 fully saturated rings. The quantitative estimate of drug-likeness (QED) is 0.859. The van der Waals surface area contributed by atoms with Crippen LogP contribution in [-0.4, -0.2) is 17.7 Å². The van der Waals surface area contributed by atoms with Gasteiger partial charge in [0.1, 0.15) is 5.75 Å². The number of hydrogen-bond donors (Lipinski definition) is 1. The van der Waals surface area contributed by atoms with E-state index in [-0.39, 0.29) is 6.42 Å². The molecule has 0 heterocycles. The molecule has 4 heteroatoms. The van der Waals surface area contributed by atoms with E-state index in [1.165, 1.54) is 12.8 Å². The zero-order valence-electron chi connectivity index (χ0n) is 10.4. The highest BCUT2D eigenvalue weighted by atomic mass is 35.5. The standard InChI is InChI=1S/C14H17ClO3/c1-9-6-11(4-5-13(16)17)14(12(15)7-9)18-8-10-2-3-10/h6-7,10H,2-5,8H2,1H3,(H,16,17). The van der Waals surface area contributed by atoms with E-state index in [0.29, 0.717) is 29.7 Å². The van der Waals surface area contributed by atoms with E-state index in [9.17, 15) is 4.79 Å². The number of carboxylic acids is 1. The molecule has 2 rings (SSSR count). The van der Waals surface area contributed by atoms with Gasteiger partial charge in [0.05, 0.1) is 11.6 Å². The lowest BCUT2D eigenvalue weighted by atomic mass is 10.1. The lowest BCUT2D eigenvalue weighted by Gasteiger charge is -2.13. The Hall–Kier alpha value is -1.22. The van der Waals surface area contributed by atoms with Gasteiger partial charge in [0.2, 0.25) is 0 Å². The zero-order chi connectivity index (χ0) is 13.1. The third-order valence-electron chi connectivity index (χ3n) is 3.03. The van der Waals surface area contributed by atoms with Crippen LogP contribution in [0.15, 0.2) is 12.1 Å². The van der Waals surface area contributed by atoms with Gasteiger partial charge in [-0.3, -0.25) is 4.79 Å². The summed E-state index contributed by atoms with van der Waals surface area (Å²) >= 11 is 6.18. The fraction of sp³-hybridized carbons (Fsp3) is 0.500. The van der Waals surface area contributed by atoms with Crippen molar-refractivity contribution in [1.82, 2.24) is 0 Å². The summed E-state index contributed by atoms with van der Waals surface area (Å²) in [5, 5.41) is 9.34. The Morgan fingerprint density at radius 1 is 1.50 bits per heavy atom. The Labute approximate surface area is 112 Å². The van der Waals surface area contributed by atoms with Gasteiger partial charge in [-0.2, -0.15) is 0 Å². The van der Waals surface area contributed by atoms with E-state index in [1.807, 2.05) is 19.1 Å². The normalized spacial score (nSPS) is 14.6. The summed E-state index contributed by atoms with van der Waals surface area (Å²) in [5.74, 6) is 0.505. The molecule has 98 valence electrons. The molecule has 0 radical (unpaired) electrons. The first kappa shape index (κ1) is 13.2. The van der Waals surface area contributed by atoms with E-state index in [1.54, 1.807) is 0 Å². The average molecular weight is 269 g/mol. The minimum absolute atomic E-state index is 0.0968. The summed E-state index contributed by atoms with van der Waals surface area (Å²) in [4.78, 5) is 10.7. The van der Waals surface area contributed by atoms with Crippen molar-refractivity contribution in [2.45, 2.75) is 32.6 Å². The number of aliphatic carboxylic acids is 1. The predicted octanol–water partition coefficient (Wildman–Crippen LogP) is 3.45. The first-order valence-corrected chi connectivity index (χ1v) is 6.57. The monoisotopic (exact) mass is 268 g/mol. The van der Waals surface area contributed by atoms with Crippen LogP contribution in [0.3, 0.4) is 0 Å². The highest BCUT2D eigenvalue weighted by Gasteiger charge is 2.23. The van der Waals surface area contributed by atoms with E-state index >= 15 is 0 Å². The molecular formula is C14H17ClO3. The molecule has 1 aromatic rings. The molecule has 0 atom stereocenters. The summed E-state index contributed by atoms with van der Waals surface area (Å²) in [6, 6.07) is 3.81. The third-order valence-corrected chi connectivity index (χ3v) is 3.31. The number of carbonyl (C=O) groups is 1. The molecule has 0 aliphatic heterocycles. The van der Waals surface area contributed by atoms with Crippen molar-refractivity contribution in [1.29, 1.82) is 0 Å². The van der Waals surface area contributed by atoms with Crippen molar-refractivity contribution < 1.29 is 14.6 Å². The molecule has 1 aliphatic carbocycles. The molecule has 0 saturated heterocycles. The number of carboxylic acid groups (broad SMARTS) is 1. The minimum Gasteiger partial charge on any atom is -0.491 e. The molecule has 1 aliphatic rings. The van der Waals surface area contributed by atoms with Gasteiger partial charge in [0.25, 0.3) is 0 Å². The van der Waals surface area contributed by atoms with E-state index < -0.39 is 5.97 Å². The molecule has 1 saturated carbocycles. The Morgan fingerprint density at radius 3 is 2.83 bits per heavy atom. The maximum absolute atomic E-state index is 10.7. The maximum atomic E-state index is 10.7. The van der Waals surface area contributed by atoms with Crippen LogP contribution in [0.2, 0.25) is 5.02 Å². The highest BCUT2D eigenvalue weighted by Crippen LogP contribution is 2.35. The summed E-state index contributed by atoms with van der Waals surface area (Å²) in [7, 11) is 0. The predicted molar refractivity (Wildman–Crippen MR) is 70.4 cm³/mol. The molecule has 1 aromatic carbocycles. The molecule has 0 aromatic heterocycles. The topological polar surface area (TPSA) is 46.5 Å². The Morgan fingerprint density at radius 2 is 2.22 bits per heavy atom. The smallest absolute Gasteiger partial charge is 0.303 e. The van der Waals surface area contributed by atoms with Crippen LogP contribution in [-0.2, 0) is 11.2 Å². The second kappa shape index (κ2) is 5.61. The number of hydrogen-bond acceptors (Lipinski definition) is 2. The number of halogens is 1. The van der Waals surface area contributed by atoms with Crippen molar-refractivity contribution >= 4 is 17.6 Å².